The zero-order chi connectivity index (χ0) is 22.3. The van der Waals surface area contributed by atoms with Gasteiger partial charge in [0.15, 0.2) is 6.61 Å². The van der Waals surface area contributed by atoms with Gasteiger partial charge < -0.3 is 15.0 Å². The SMILES string of the molecule is CCC(C)NC(=O)C(C)N(Cc1ccccc1C)C(=O)COc1ccc(Br)cc1Cl. The summed E-state index contributed by atoms with van der Waals surface area (Å²) < 4.78 is 6.48. The molecule has 2 unspecified atom stereocenters. The van der Waals surface area contributed by atoms with Crippen LogP contribution in [0.3, 0.4) is 0 Å². The summed E-state index contributed by atoms with van der Waals surface area (Å²) in [5.41, 5.74) is 2.04. The van der Waals surface area contributed by atoms with Crippen LogP contribution in [-0.2, 0) is 16.1 Å². The summed E-state index contributed by atoms with van der Waals surface area (Å²) in [4.78, 5) is 27.4. The highest BCUT2D eigenvalue weighted by molar-refractivity contribution is 9.10. The summed E-state index contributed by atoms with van der Waals surface area (Å²) in [7, 11) is 0. The number of carbonyl (C=O) groups is 2. The van der Waals surface area contributed by atoms with Gasteiger partial charge in [0.2, 0.25) is 5.91 Å². The van der Waals surface area contributed by atoms with Crippen molar-refractivity contribution in [3.05, 3.63) is 63.1 Å². The lowest BCUT2D eigenvalue weighted by atomic mass is 10.1. The molecular weight excluding hydrogens is 468 g/mol. The lowest BCUT2D eigenvalue weighted by Gasteiger charge is -2.30. The van der Waals surface area contributed by atoms with E-state index in [4.69, 9.17) is 16.3 Å². The van der Waals surface area contributed by atoms with E-state index in [2.05, 4.69) is 21.2 Å². The van der Waals surface area contributed by atoms with Gasteiger partial charge in [-0.15, -0.1) is 0 Å². The number of benzene rings is 2. The quantitative estimate of drug-likeness (QED) is 0.525. The second kappa shape index (κ2) is 11.4. The van der Waals surface area contributed by atoms with Gasteiger partial charge in [-0.1, -0.05) is 58.7 Å². The third kappa shape index (κ3) is 6.74. The third-order valence-electron chi connectivity index (χ3n) is 5.02. The van der Waals surface area contributed by atoms with Crippen LogP contribution < -0.4 is 10.1 Å². The van der Waals surface area contributed by atoms with Gasteiger partial charge in [0.1, 0.15) is 11.8 Å². The topological polar surface area (TPSA) is 58.6 Å². The summed E-state index contributed by atoms with van der Waals surface area (Å²) in [6, 6.07) is 12.4. The highest BCUT2D eigenvalue weighted by Crippen LogP contribution is 2.27. The number of aryl methyl sites for hydroxylation is 1. The van der Waals surface area contributed by atoms with Crippen molar-refractivity contribution in [3.63, 3.8) is 0 Å². The van der Waals surface area contributed by atoms with Gasteiger partial charge in [-0.3, -0.25) is 9.59 Å². The molecule has 1 N–H and O–H groups in total. The van der Waals surface area contributed by atoms with Gasteiger partial charge in [-0.25, -0.2) is 0 Å². The van der Waals surface area contributed by atoms with Gasteiger partial charge in [-0.2, -0.15) is 0 Å². The van der Waals surface area contributed by atoms with E-state index in [9.17, 15) is 9.59 Å². The first-order valence-corrected chi connectivity index (χ1v) is 11.1. The van der Waals surface area contributed by atoms with Crippen LogP contribution in [0.4, 0.5) is 0 Å². The number of hydrogen-bond acceptors (Lipinski definition) is 3. The van der Waals surface area contributed by atoms with Crippen molar-refractivity contribution >= 4 is 39.3 Å². The Bertz CT molecular complexity index is 891. The molecule has 30 heavy (non-hydrogen) atoms. The Morgan fingerprint density at radius 2 is 1.90 bits per heavy atom. The van der Waals surface area contributed by atoms with Gasteiger partial charge >= 0.3 is 0 Å². The lowest BCUT2D eigenvalue weighted by molar-refractivity contribution is -0.142. The fourth-order valence-corrected chi connectivity index (χ4v) is 3.56. The Morgan fingerprint density at radius 1 is 1.20 bits per heavy atom. The van der Waals surface area contributed by atoms with Crippen LogP contribution in [0.1, 0.15) is 38.3 Å². The first kappa shape index (κ1) is 24.2. The monoisotopic (exact) mass is 494 g/mol. The maximum Gasteiger partial charge on any atom is 0.261 e. The van der Waals surface area contributed by atoms with E-state index in [-0.39, 0.29) is 24.5 Å². The first-order chi connectivity index (χ1) is 14.2. The number of rotatable bonds is 9. The Morgan fingerprint density at radius 3 is 2.53 bits per heavy atom. The summed E-state index contributed by atoms with van der Waals surface area (Å²) in [6.07, 6.45) is 0.815. The number of carbonyl (C=O) groups excluding carboxylic acids is 2. The largest absolute Gasteiger partial charge is 0.482 e. The Balaban J connectivity index is 2.19. The van der Waals surface area contributed by atoms with Crippen molar-refractivity contribution in [2.45, 2.75) is 52.7 Å². The fraction of sp³-hybridized carbons (Fsp3) is 0.391. The van der Waals surface area contributed by atoms with E-state index in [0.29, 0.717) is 17.3 Å². The number of halogens is 2. The van der Waals surface area contributed by atoms with Crippen LogP contribution in [0, 0.1) is 6.92 Å². The first-order valence-electron chi connectivity index (χ1n) is 9.95. The fourth-order valence-electron chi connectivity index (χ4n) is 2.83. The molecule has 0 heterocycles. The molecule has 0 aliphatic carbocycles. The predicted molar refractivity (Wildman–Crippen MR) is 124 cm³/mol. The van der Waals surface area contributed by atoms with Crippen LogP contribution in [0.25, 0.3) is 0 Å². The molecule has 0 radical (unpaired) electrons. The molecule has 7 heteroatoms. The molecule has 0 bridgehead atoms. The second-order valence-electron chi connectivity index (χ2n) is 7.31. The molecule has 0 aromatic heterocycles. The van der Waals surface area contributed by atoms with Crippen molar-refractivity contribution in [2.75, 3.05) is 6.61 Å². The molecular formula is C23H28BrClN2O3. The van der Waals surface area contributed by atoms with Crippen molar-refractivity contribution in [1.82, 2.24) is 10.2 Å². The van der Waals surface area contributed by atoms with Crippen LogP contribution >= 0.6 is 27.5 Å². The number of amides is 2. The van der Waals surface area contributed by atoms with Crippen LogP contribution in [0.15, 0.2) is 46.9 Å². The highest BCUT2D eigenvalue weighted by Gasteiger charge is 2.27. The molecule has 162 valence electrons. The Hall–Kier alpha value is -2.05. The average molecular weight is 496 g/mol. The summed E-state index contributed by atoms with van der Waals surface area (Å²) in [6.45, 7) is 7.77. The highest BCUT2D eigenvalue weighted by atomic mass is 79.9. The molecule has 2 amide bonds. The van der Waals surface area contributed by atoms with Gasteiger partial charge in [0.25, 0.3) is 5.91 Å². The maximum atomic E-state index is 13.1. The van der Waals surface area contributed by atoms with E-state index in [1.165, 1.54) is 0 Å². The maximum absolute atomic E-state index is 13.1. The molecule has 0 saturated heterocycles. The smallest absolute Gasteiger partial charge is 0.261 e. The molecule has 2 rings (SSSR count). The summed E-state index contributed by atoms with van der Waals surface area (Å²) in [5, 5.41) is 3.36. The van der Waals surface area contributed by atoms with Gasteiger partial charge in [0.05, 0.1) is 5.02 Å². The average Bonchev–Trinajstić information content (AvgIpc) is 2.71. The standard InChI is InChI=1S/C23H28BrClN2O3/c1-5-16(3)26-23(29)17(4)27(13-18-9-7-6-8-15(18)2)22(28)14-30-21-11-10-19(24)12-20(21)25/h6-12,16-17H,5,13-14H2,1-4H3,(H,26,29). The molecule has 0 saturated carbocycles. The third-order valence-corrected chi connectivity index (χ3v) is 5.80. The normalized spacial score (nSPS) is 12.7. The number of hydrogen-bond donors (Lipinski definition) is 1. The van der Waals surface area contributed by atoms with E-state index in [1.807, 2.05) is 45.0 Å². The van der Waals surface area contributed by atoms with Crippen molar-refractivity contribution < 1.29 is 14.3 Å². The molecule has 0 aliphatic heterocycles. The van der Waals surface area contributed by atoms with Crippen molar-refractivity contribution in [3.8, 4) is 5.75 Å². The summed E-state index contributed by atoms with van der Waals surface area (Å²) in [5.74, 6) is -0.0576. The minimum Gasteiger partial charge on any atom is -0.482 e. The minimum atomic E-state index is -0.643. The van der Waals surface area contributed by atoms with E-state index >= 15 is 0 Å². The van der Waals surface area contributed by atoms with Crippen LogP contribution in [0.5, 0.6) is 5.75 Å². The molecule has 0 aliphatic rings. The molecule has 5 nitrogen and oxygen atoms in total. The molecule has 0 spiro atoms. The minimum absolute atomic E-state index is 0.0354. The van der Waals surface area contributed by atoms with Crippen molar-refractivity contribution in [2.24, 2.45) is 0 Å². The zero-order valence-electron chi connectivity index (χ0n) is 17.7. The zero-order valence-corrected chi connectivity index (χ0v) is 20.1. The molecule has 2 aromatic rings. The molecule has 0 fully saturated rings. The van der Waals surface area contributed by atoms with Gasteiger partial charge in [-0.05, 0) is 56.5 Å². The lowest BCUT2D eigenvalue weighted by Crippen LogP contribution is -2.50. The number of nitrogens with zero attached hydrogens (tertiary/aromatic N) is 1. The van der Waals surface area contributed by atoms with E-state index in [1.54, 1.807) is 30.0 Å². The Labute approximate surface area is 191 Å². The number of nitrogens with one attached hydrogen (secondary N) is 1. The van der Waals surface area contributed by atoms with Crippen molar-refractivity contribution in [1.29, 1.82) is 0 Å². The molecule has 2 atom stereocenters. The Kier molecular flexibility index (Phi) is 9.18. The predicted octanol–water partition coefficient (Wildman–Crippen LogP) is 5.12. The second-order valence-corrected chi connectivity index (χ2v) is 8.63. The summed E-state index contributed by atoms with van der Waals surface area (Å²) >= 11 is 9.53. The molecule has 2 aromatic carbocycles. The van der Waals surface area contributed by atoms with Gasteiger partial charge in [0, 0.05) is 17.1 Å². The van der Waals surface area contributed by atoms with E-state index < -0.39 is 6.04 Å². The van der Waals surface area contributed by atoms with Crippen LogP contribution in [-0.4, -0.2) is 35.4 Å². The number of ether oxygens (including phenoxy) is 1. The van der Waals surface area contributed by atoms with E-state index in [0.717, 1.165) is 22.0 Å². The van der Waals surface area contributed by atoms with Crippen LogP contribution in [0.2, 0.25) is 5.02 Å².